The molecule has 1 aliphatic rings. The van der Waals surface area contributed by atoms with Gasteiger partial charge in [-0.05, 0) is 5.56 Å². The first-order valence-corrected chi connectivity index (χ1v) is 6.20. The third kappa shape index (κ3) is 2.70. The minimum atomic E-state index is -0.190. The number of piperidine rings is 1. The van der Waals surface area contributed by atoms with Crippen LogP contribution >= 0.6 is 0 Å². The zero-order valence-corrected chi connectivity index (χ0v) is 11.0. The Bertz CT molecular complexity index is 358. The molecule has 17 heavy (non-hydrogen) atoms. The van der Waals surface area contributed by atoms with Crippen molar-refractivity contribution >= 4 is 5.78 Å². The van der Waals surface area contributed by atoms with Crippen LogP contribution in [0.3, 0.4) is 0 Å². The molecule has 1 aliphatic heterocycles. The summed E-state index contributed by atoms with van der Waals surface area (Å²) >= 11 is 0. The fraction of sp³-hybridized carbons (Fsp3) is 0.500. The summed E-state index contributed by atoms with van der Waals surface area (Å²) in [5.74, 6) is 0.409. The number of carbonyl (C=O) groups excluding carboxylic acids is 1. The maximum Gasteiger partial charge on any atom is 0.143 e. The van der Waals surface area contributed by atoms with Crippen LogP contribution in [0.25, 0.3) is 0 Å². The molecule has 3 heteroatoms. The van der Waals surface area contributed by atoms with Crippen LogP contribution in [-0.4, -0.2) is 18.9 Å². The van der Waals surface area contributed by atoms with Crippen LogP contribution in [-0.2, 0) is 10.2 Å². The van der Waals surface area contributed by atoms with Crippen molar-refractivity contribution in [1.82, 2.24) is 0 Å². The minimum Gasteiger partial charge on any atom is -1.00 e. The molecule has 0 radical (unpaired) electrons. The van der Waals surface area contributed by atoms with Gasteiger partial charge in [-0.15, -0.1) is 0 Å². The Morgan fingerprint density at radius 1 is 1.24 bits per heavy atom. The van der Waals surface area contributed by atoms with Gasteiger partial charge in [0.2, 0.25) is 0 Å². The Kier molecular flexibility index (Phi) is 5.16. The predicted octanol–water partition coefficient (Wildman–Crippen LogP) is -1.74. The fourth-order valence-corrected chi connectivity index (χ4v) is 2.79. The predicted molar refractivity (Wildman–Crippen MR) is 64.3 cm³/mol. The Balaban J connectivity index is 0.00000144. The second-order valence-electron chi connectivity index (χ2n) is 4.59. The standard InChI is InChI=1S/C14H19NO.ClH/c1-2-13(16)14(8-10-15-11-9-14)12-6-4-3-5-7-12;/h3-7,15H,2,8-11H2,1H3;1H. The second kappa shape index (κ2) is 6.18. The molecule has 0 unspecified atom stereocenters. The van der Waals surface area contributed by atoms with E-state index in [0.29, 0.717) is 12.2 Å². The molecule has 1 aromatic carbocycles. The van der Waals surface area contributed by atoms with Gasteiger partial charge < -0.3 is 17.7 Å². The van der Waals surface area contributed by atoms with Gasteiger partial charge in [-0.25, -0.2) is 0 Å². The molecule has 2 rings (SSSR count). The van der Waals surface area contributed by atoms with E-state index in [9.17, 15) is 4.79 Å². The van der Waals surface area contributed by atoms with Crippen LogP contribution in [0.15, 0.2) is 30.3 Å². The van der Waals surface area contributed by atoms with Crippen LogP contribution in [0, 0.1) is 0 Å². The molecule has 0 spiro atoms. The molecule has 1 fully saturated rings. The highest BCUT2D eigenvalue weighted by Crippen LogP contribution is 2.34. The van der Waals surface area contributed by atoms with Crippen molar-refractivity contribution in [3.63, 3.8) is 0 Å². The first-order valence-electron chi connectivity index (χ1n) is 6.20. The van der Waals surface area contributed by atoms with E-state index in [2.05, 4.69) is 17.4 Å². The number of ketones is 1. The first-order chi connectivity index (χ1) is 7.79. The molecular weight excluding hydrogens is 234 g/mol. The molecule has 0 saturated carbocycles. The summed E-state index contributed by atoms with van der Waals surface area (Å²) in [7, 11) is 0. The minimum absolute atomic E-state index is 0. The van der Waals surface area contributed by atoms with E-state index in [1.807, 2.05) is 25.1 Å². The molecule has 0 amide bonds. The smallest absolute Gasteiger partial charge is 0.143 e. The monoisotopic (exact) mass is 253 g/mol. The van der Waals surface area contributed by atoms with Gasteiger partial charge in [0.1, 0.15) is 5.78 Å². The van der Waals surface area contributed by atoms with Crippen LogP contribution in [0.1, 0.15) is 31.7 Å². The van der Waals surface area contributed by atoms with Crippen LogP contribution < -0.4 is 17.7 Å². The van der Waals surface area contributed by atoms with E-state index in [0.717, 1.165) is 25.9 Å². The number of hydrogen-bond acceptors (Lipinski definition) is 1. The summed E-state index contributed by atoms with van der Waals surface area (Å²) in [6, 6.07) is 10.3. The average molecular weight is 254 g/mol. The molecule has 0 bridgehead atoms. The number of halogens is 1. The van der Waals surface area contributed by atoms with E-state index in [1.54, 1.807) is 0 Å². The van der Waals surface area contributed by atoms with Crippen LogP contribution in [0.4, 0.5) is 0 Å². The van der Waals surface area contributed by atoms with Crippen molar-refractivity contribution in [2.24, 2.45) is 0 Å². The summed E-state index contributed by atoms with van der Waals surface area (Å²) in [6.45, 7) is 4.12. The molecule has 1 aromatic rings. The summed E-state index contributed by atoms with van der Waals surface area (Å²) in [6.07, 6.45) is 2.63. The number of Topliss-reactive ketones (excluding diaryl/α,β-unsaturated/α-hetero) is 1. The topological polar surface area (TPSA) is 33.7 Å². The fourth-order valence-electron chi connectivity index (χ4n) is 2.79. The second-order valence-corrected chi connectivity index (χ2v) is 4.59. The quantitative estimate of drug-likeness (QED) is 0.682. The van der Waals surface area contributed by atoms with E-state index in [1.165, 1.54) is 5.56 Å². The molecule has 0 atom stereocenters. The lowest BCUT2D eigenvalue weighted by Gasteiger charge is -2.34. The highest BCUT2D eigenvalue weighted by molar-refractivity contribution is 5.90. The van der Waals surface area contributed by atoms with Gasteiger partial charge in [0, 0.05) is 19.3 Å². The van der Waals surface area contributed by atoms with Crippen molar-refractivity contribution in [2.45, 2.75) is 31.6 Å². The van der Waals surface area contributed by atoms with Gasteiger partial charge in [0.05, 0.1) is 18.5 Å². The van der Waals surface area contributed by atoms with Crippen molar-refractivity contribution in [3.8, 4) is 0 Å². The van der Waals surface area contributed by atoms with Crippen molar-refractivity contribution in [3.05, 3.63) is 35.9 Å². The summed E-state index contributed by atoms with van der Waals surface area (Å²) < 4.78 is 0. The zero-order valence-electron chi connectivity index (χ0n) is 10.3. The molecule has 0 aromatic heterocycles. The summed E-state index contributed by atoms with van der Waals surface area (Å²) in [4.78, 5) is 12.3. The zero-order chi connectivity index (χ0) is 11.4. The SMILES string of the molecule is CCC(=O)C1(c2ccccc2)CC[NH2+]CC1.[Cl-]. The molecule has 2 nitrogen and oxygen atoms in total. The van der Waals surface area contributed by atoms with E-state index in [-0.39, 0.29) is 17.8 Å². The van der Waals surface area contributed by atoms with Crippen LogP contribution in [0.5, 0.6) is 0 Å². The molecule has 1 heterocycles. The van der Waals surface area contributed by atoms with Gasteiger partial charge in [-0.2, -0.15) is 0 Å². The third-order valence-corrected chi connectivity index (χ3v) is 3.73. The number of carbonyl (C=O) groups is 1. The van der Waals surface area contributed by atoms with Gasteiger partial charge in [0.25, 0.3) is 0 Å². The Morgan fingerprint density at radius 3 is 2.35 bits per heavy atom. The normalized spacial score (nSPS) is 18.2. The first kappa shape index (κ1) is 14.2. The number of rotatable bonds is 3. The van der Waals surface area contributed by atoms with E-state index < -0.39 is 0 Å². The summed E-state index contributed by atoms with van der Waals surface area (Å²) in [5.41, 5.74) is 1.03. The number of nitrogens with two attached hydrogens (primary N) is 1. The van der Waals surface area contributed by atoms with Gasteiger partial charge in [-0.1, -0.05) is 37.3 Å². The highest BCUT2D eigenvalue weighted by Gasteiger charge is 2.40. The Hall–Kier alpha value is -0.860. The summed E-state index contributed by atoms with van der Waals surface area (Å²) in [5, 5.41) is 2.31. The van der Waals surface area contributed by atoms with E-state index in [4.69, 9.17) is 0 Å². The molecule has 1 saturated heterocycles. The van der Waals surface area contributed by atoms with E-state index >= 15 is 0 Å². The molecular formula is C14H20ClNO. The lowest BCUT2D eigenvalue weighted by molar-refractivity contribution is -0.664. The lowest BCUT2D eigenvalue weighted by Crippen LogP contribution is -3.00. The molecule has 94 valence electrons. The Labute approximate surface area is 109 Å². The van der Waals surface area contributed by atoms with Gasteiger partial charge >= 0.3 is 0 Å². The average Bonchev–Trinajstić information content (AvgIpc) is 2.39. The number of hydrogen-bond donors (Lipinski definition) is 1. The molecule has 2 N–H and O–H groups in total. The Morgan fingerprint density at radius 2 is 1.82 bits per heavy atom. The lowest BCUT2D eigenvalue weighted by atomic mass is 9.69. The van der Waals surface area contributed by atoms with Gasteiger partial charge in [-0.3, -0.25) is 4.79 Å². The van der Waals surface area contributed by atoms with Crippen LogP contribution in [0.2, 0.25) is 0 Å². The number of benzene rings is 1. The highest BCUT2D eigenvalue weighted by atomic mass is 35.5. The van der Waals surface area contributed by atoms with Crippen molar-refractivity contribution in [1.29, 1.82) is 0 Å². The maximum atomic E-state index is 12.3. The van der Waals surface area contributed by atoms with Crippen molar-refractivity contribution in [2.75, 3.05) is 13.1 Å². The van der Waals surface area contributed by atoms with Gasteiger partial charge in [0.15, 0.2) is 0 Å². The number of quaternary nitrogens is 1. The van der Waals surface area contributed by atoms with Crippen molar-refractivity contribution < 1.29 is 22.5 Å². The molecule has 0 aliphatic carbocycles. The largest absolute Gasteiger partial charge is 1.00 e. The third-order valence-electron chi connectivity index (χ3n) is 3.73. The maximum absolute atomic E-state index is 12.3.